The van der Waals surface area contributed by atoms with Crippen LogP contribution in [-0.4, -0.2) is 51.1 Å². The van der Waals surface area contributed by atoms with E-state index in [0.717, 1.165) is 0 Å². The number of hydrogen-bond acceptors (Lipinski definition) is 6. The first kappa shape index (κ1) is 19.5. The van der Waals surface area contributed by atoms with Crippen molar-refractivity contribution in [1.29, 1.82) is 0 Å². The summed E-state index contributed by atoms with van der Waals surface area (Å²) in [5, 5.41) is 7.82. The van der Waals surface area contributed by atoms with E-state index in [1.165, 1.54) is 21.8 Å². The smallest absolute Gasteiger partial charge is 0.387 e. The van der Waals surface area contributed by atoms with Crippen molar-refractivity contribution in [2.45, 2.75) is 20.1 Å². The van der Waals surface area contributed by atoms with Crippen LogP contribution in [0.2, 0.25) is 0 Å². The van der Waals surface area contributed by atoms with Crippen molar-refractivity contribution < 1.29 is 23.0 Å². The molecule has 148 valence electrons. The number of carbonyl (C=O) groups is 1. The average Bonchev–Trinajstić information content (AvgIpc) is 3.03. The summed E-state index contributed by atoms with van der Waals surface area (Å²) < 4.78 is 36.4. The predicted molar refractivity (Wildman–Crippen MR) is 96.3 cm³/mol. The van der Waals surface area contributed by atoms with E-state index in [2.05, 4.69) is 20.0 Å². The van der Waals surface area contributed by atoms with Crippen LogP contribution in [0.3, 0.4) is 0 Å². The van der Waals surface area contributed by atoms with Gasteiger partial charge in [-0.3, -0.25) is 4.79 Å². The molecule has 1 aromatic carbocycles. The van der Waals surface area contributed by atoms with E-state index in [4.69, 9.17) is 4.74 Å². The molecule has 1 amide bonds. The summed E-state index contributed by atoms with van der Waals surface area (Å²) in [5.74, 6) is -0.110. The van der Waals surface area contributed by atoms with Crippen LogP contribution in [0, 0.1) is 0 Å². The van der Waals surface area contributed by atoms with Gasteiger partial charge in [0.1, 0.15) is 5.52 Å². The zero-order chi connectivity index (χ0) is 20.3. The number of amides is 1. The molecule has 0 radical (unpaired) electrons. The van der Waals surface area contributed by atoms with Crippen LogP contribution >= 0.6 is 0 Å². The number of aromatic nitrogens is 4. The zero-order valence-corrected chi connectivity index (χ0v) is 15.6. The molecule has 2 heterocycles. The highest BCUT2D eigenvalue weighted by Crippen LogP contribution is 2.30. The van der Waals surface area contributed by atoms with Gasteiger partial charge < -0.3 is 14.4 Å². The minimum atomic E-state index is -2.95. The Kier molecular flexibility index (Phi) is 5.67. The Balaban J connectivity index is 1.77. The molecule has 0 fully saturated rings. The summed E-state index contributed by atoms with van der Waals surface area (Å²) in [5.41, 5.74) is 2.18. The molecule has 0 unspecified atom stereocenters. The van der Waals surface area contributed by atoms with E-state index in [1.807, 2.05) is 0 Å². The average molecular weight is 391 g/mol. The van der Waals surface area contributed by atoms with Gasteiger partial charge in [-0.15, -0.1) is 5.10 Å². The third kappa shape index (κ3) is 4.16. The van der Waals surface area contributed by atoms with Crippen LogP contribution in [0.1, 0.15) is 22.8 Å². The molecular weight excluding hydrogens is 372 g/mol. The Hall–Kier alpha value is -3.30. The third-order valence-electron chi connectivity index (χ3n) is 3.98. The fraction of sp³-hybridized carbons (Fsp3) is 0.333. The van der Waals surface area contributed by atoms with Crippen LogP contribution in [0.25, 0.3) is 11.2 Å². The second-order valence-corrected chi connectivity index (χ2v) is 6.03. The quantitative estimate of drug-likeness (QED) is 0.616. The fourth-order valence-electron chi connectivity index (χ4n) is 2.72. The number of nitrogens with zero attached hydrogens (tertiary/aromatic N) is 5. The van der Waals surface area contributed by atoms with Gasteiger partial charge in [-0.1, -0.05) is 11.3 Å². The first-order valence-corrected chi connectivity index (χ1v) is 8.50. The molecule has 0 saturated carbocycles. The lowest BCUT2D eigenvalue weighted by molar-refractivity contribution is -0.0514. The van der Waals surface area contributed by atoms with E-state index >= 15 is 0 Å². The topological polar surface area (TPSA) is 82.4 Å². The standard InChI is InChI=1S/C18H19F2N5O3/c1-4-27-15-7-11(5-6-14(15)28-18(19)20)10-24(2)17(26)12-8-13-16(21-9-12)25(3)23-22-13/h5-9,18H,4,10H2,1-3H3. The minimum absolute atomic E-state index is 0.0492. The molecule has 3 aromatic rings. The van der Waals surface area contributed by atoms with Crippen LogP contribution in [0.15, 0.2) is 30.5 Å². The Morgan fingerprint density at radius 1 is 1.29 bits per heavy atom. The minimum Gasteiger partial charge on any atom is -0.490 e. The molecule has 0 bridgehead atoms. The third-order valence-corrected chi connectivity index (χ3v) is 3.98. The van der Waals surface area contributed by atoms with Crippen molar-refractivity contribution in [3.8, 4) is 11.5 Å². The number of fused-ring (bicyclic) bond motifs is 1. The van der Waals surface area contributed by atoms with Crippen molar-refractivity contribution in [3.05, 3.63) is 41.6 Å². The lowest BCUT2D eigenvalue weighted by Gasteiger charge is -2.19. The van der Waals surface area contributed by atoms with Crippen LogP contribution in [-0.2, 0) is 13.6 Å². The first-order chi connectivity index (χ1) is 13.4. The normalized spacial score (nSPS) is 11.1. The van der Waals surface area contributed by atoms with Crippen LogP contribution < -0.4 is 9.47 Å². The van der Waals surface area contributed by atoms with Gasteiger partial charge >= 0.3 is 6.61 Å². The number of benzene rings is 1. The van der Waals surface area contributed by atoms with Gasteiger partial charge in [-0.05, 0) is 30.7 Å². The molecule has 10 heteroatoms. The van der Waals surface area contributed by atoms with Crippen LogP contribution in [0.5, 0.6) is 11.5 Å². The van der Waals surface area contributed by atoms with Gasteiger partial charge in [0.15, 0.2) is 17.1 Å². The fourth-order valence-corrected chi connectivity index (χ4v) is 2.72. The number of ether oxygens (including phenoxy) is 2. The van der Waals surface area contributed by atoms with Crippen molar-refractivity contribution in [1.82, 2.24) is 24.9 Å². The second-order valence-electron chi connectivity index (χ2n) is 6.03. The largest absolute Gasteiger partial charge is 0.490 e. The number of carbonyl (C=O) groups excluding carboxylic acids is 1. The number of aryl methyl sites for hydroxylation is 1. The van der Waals surface area contributed by atoms with Gasteiger partial charge in [-0.2, -0.15) is 8.78 Å². The maximum Gasteiger partial charge on any atom is 0.387 e. The maximum atomic E-state index is 12.7. The molecule has 0 N–H and O–H groups in total. The highest BCUT2D eigenvalue weighted by atomic mass is 19.3. The summed E-state index contributed by atoms with van der Waals surface area (Å²) in [6.07, 6.45) is 1.47. The highest BCUT2D eigenvalue weighted by molar-refractivity contribution is 5.96. The molecule has 0 aliphatic rings. The molecule has 3 rings (SSSR count). The lowest BCUT2D eigenvalue weighted by Crippen LogP contribution is -2.26. The van der Waals surface area contributed by atoms with E-state index < -0.39 is 6.61 Å². The van der Waals surface area contributed by atoms with Crippen molar-refractivity contribution in [2.24, 2.45) is 7.05 Å². The Morgan fingerprint density at radius 3 is 2.79 bits per heavy atom. The number of pyridine rings is 1. The molecule has 0 saturated heterocycles. The molecule has 2 aromatic heterocycles. The number of hydrogen-bond donors (Lipinski definition) is 0. The number of rotatable bonds is 7. The lowest BCUT2D eigenvalue weighted by atomic mass is 10.1. The molecule has 0 aliphatic carbocycles. The Labute approximate surface area is 159 Å². The van der Waals surface area contributed by atoms with Gasteiger partial charge in [0.05, 0.1) is 12.2 Å². The molecule has 0 aliphatic heterocycles. The molecular formula is C18H19F2N5O3. The highest BCUT2D eigenvalue weighted by Gasteiger charge is 2.17. The van der Waals surface area contributed by atoms with Gasteiger partial charge in [0.2, 0.25) is 0 Å². The molecule has 8 nitrogen and oxygen atoms in total. The van der Waals surface area contributed by atoms with Gasteiger partial charge in [-0.25, -0.2) is 9.67 Å². The summed E-state index contributed by atoms with van der Waals surface area (Å²) >= 11 is 0. The monoisotopic (exact) mass is 391 g/mol. The summed E-state index contributed by atoms with van der Waals surface area (Å²) in [6, 6.07) is 6.21. The predicted octanol–water partition coefficient (Wildman–Crippen LogP) is 2.64. The Morgan fingerprint density at radius 2 is 2.07 bits per heavy atom. The van der Waals surface area contributed by atoms with Crippen molar-refractivity contribution >= 4 is 17.1 Å². The molecule has 0 spiro atoms. The van der Waals surface area contributed by atoms with E-state index in [0.29, 0.717) is 28.9 Å². The van der Waals surface area contributed by atoms with Crippen LogP contribution in [0.4, 0.5) is 8.78 Å². The van der Waals surface area contributed by atoms with Gasteiger partial charge in [0, 0.05) is 26.8 Å². The second kappa shape index (κ2) is 8.15. The SMILES string of the molecule is CCOc1cc(CN(C)C(=O)c2cnc3c(c2)nnn3C)ccc1OC(F)F. The first-order valence-electron chi connectivity index (χ1n) is 8.50. The van der Waals surface area contributed by atoms with E-state index in [1.54, 1.807) is 39.2 Å². The maximum absolute atomic E-state index is 12.7. The summed E-state index contributed by atoms with van der Waals surface area (Å²) in [6.45, 7) is -0.671. The van der Waals surface area contributed by atoms with Crippen molar-refractivity contribution in [2.75, 3.05) is 13.7 Å². The molecule has 28 heavy (non-hydrogen) atoms. The van der Waals surface area contributed by atoms with Crippen molar-refractivity contribution in [3.63, 3.8) is 0 Å². The zero-order valence-electron chi connectivity index (χ0n) is 15.6. The summed E-state index contributed by atoms with van der Waals surface area (Å²) in [7, 11) is 3.35. The van der Waals surface area contributed by atoms with E-state index in [-0.39, 0.29) is 24.0 Å². The summed E-state index contributed by atoms with van der Waals surface area (Å²) in [4.78, 5) is 18.4. The number of alkyl halides is 2. The van der Waals surface area contributed by atoms with E-state index in [9.17, 15) is 13.6 Å². The Bertz CT molecular complexity index is 993. The van der Waals surface area contributed by atoms with Gasteiger partial charge in [0.25, 0.3) is 5.91 Å². The molecule has 0 atom stereocenters. The number of halogens is 2.